The average Bonchev–Trinajstić information content (AvgIpc) is 2.62. The van der Waals surface area contributed by atoms with E-state index < -0.39 is 0 Å². The van der Waals surface area contributed by atoms with E-state index in [0.29, 0.717) is 24.2 Å². The minimum absolute atomic E-state index is 0.00597. The molecule has 0 unspecified atom stereocenters. The summed E-state index contributed by atoms with van der Waals surface area (Å²) >= 11 is 0. The number of amides is 1. The lowest BCUT2D eigenvalue weighted by atomic mass is 10.0. The maximum Gasteiger partial charge on any atom is 0.219 e. The SMILES string of the molecule is CC(=O)N1CCN(c2cc(C)c(C(=O)c3ccccc3)cn2)CC1. The van der Waals surface area contributed by atoms with Crippen LogP contribution in [0.2, 0.25) is 0 Å². The van der Waals surface area contributed by atoms with E-state index in [1.165, 1.54) is 0 Å². The Balaban J connectivity index is 1.76. The molecule has 1 aliphatic heterocycles. The van der Waals surface area contributed by atoms with Crippen LogP contribution >= 0.6 is 0 Å². The molecule has 1 amide bonds. The lowest BCUT2D eigenvalue weighted by Gasteiger charge is -2.35. The van der Waals surface area contributed by atoms with E-state index in [4.69, 9.17) is 0 Å². The maximum atomic E-state index is 12.6. The zero-order valence-corrected chi connectivity index (χ0v) is 14.0. The molecular weight excluding hydrogens is 302 g/mol. The van der Waals surface area contributed by atoms with Crippen molar-refractivity contribution in [3.63, 3.8) is 0 Å². The fraction of sp³-hybridized carbons (Fsp3) is 0.316. The first-order chi connectivity index (χ1) is 11.6. The summed E-state index contributed by atoms with van der Waals surface area (Å²) in [7, 11) is 0. The zero-order valence-electron chi connectivity index (χ0n) is 14.0. The molecule has 1 aliphatic rings. The van der Waals surface area contributed by atoms with Crippen molar-refractivity contribution in [2.75, 3.05) is 31.1 Å². The van der Waals surface area contributed by atoms with Crippen LogP contribution in [0.15, 0.2) is 42.6 Å². The van der Waals surface area contributed by atoms with E-state index in [2.05, 4.69) is 9.88 Å². The molecular formula is C19H21N3O2. The van der Waals surface area contributed by atoms with Crippen molar-refractivity contribution in [3.8, 4) is 0 Å². The summed E-state index contributed by atoms with van der Waals surface area (Å²) < 4.78 is 0. The Morgan fingerprint density at radius 1 is 1.04 bits per heavy atom. The second-order valence-corrected chi connectivity index (χ2v) is 6.05. The molecule has 3 rings (SSSR count). The molecule has 0 spiro atoms. The molecule has 2 aromatic rings. The second kappa shape index (κ2) is 6.83. The van der Waals surface area contributed by atoms with Crippen molar-refractivity contribution in [3.05, 3.63) is 59.3 Å². The fourth-order valence-corrected chi connectivity index (χ4v) is 2.95. The smallest absolute Gasteiger partial charge is 0.219 e. The van der Waals surface area contributed by atoms with Crippen LogP contribution in [0.5, 0.6) is 0 Å². The Morgan fingerprint density at radius 3 is 2.29 bits per heavy atom. The summed E-state index contributed by atoms with van der Waals surface area (Å²) in [6.07, 6.45) is 1.66. The molecule has 5 nitrogen and oxygen atoms in total. The largest absolute Gasteiger partial charge is 0.353 e. The molecule has 5 heteroatoms. The van der Waals surface area contributed by atoms with Gasteiger partial charge in [-0.2, -0.15) is 0 Å². The molecule has 1 fully saturated rings. The van der Waals surface area contributed by atoms with Gasteiger partial charge >= 0.3 is 0 Å². The fourth-order valence-electron chi connectivity index (χ4n) is 2.95. The normalized spacial score (nSPS) is 14.6. The number of rotatable bonds is 3. The van der Waals surface area contributed by atoms with Gasteiger partial charge in [-0.25, -0.2) is 4.98 Å². The Morgan fingerprint density at radius 2 is 1.71 bits per heavy atom. The van der Waals surface area contributed by atoms with Gasteiger partial charge in [0.1, 0.15) is 5.82 Å². The van der Waals surface area contributed by atoms with Gasteiger partial charge in [0.15, 0.2) is 5.78 Å². The molecule has 0 bridgehead atoms. The number of hydrogen-bond donors (Lipinski definition) is 0. The van der Waals surface area contributed by atoms with Gasteiger partial charge in [-0.05, 0) is 18.6 Å². The van der Waals surface area contributed by atoms with E-state index in [1.807, 2.05) is 48.2 Å². The number of aryl methyl sites for hydroxylation is 1. The Kier molecular flexibility index (Phi) is 4.60. The van der Waals surface area contributed by atoms with Crippen molar-refractivity contribution in [2.24, 2.45) is 0 Å². The van der Waals surface area contributed by atoms with Crippen LogP contribution in [-0.2, 0) is 4.79 Å². The van der Waals surface area contributed by atoms with Crippen LogP contribution in [-0.4, -0.2) is 47.8 Å². The first-order valence-electron chi connectivity index (χ1n) is 8.13. The third-order valence-corrected chi connectivity index (χ3v) is 4.43. The number of piperazine rings is 1. The van der Waals surface area contributed by atoms with Crippen molar-refractivity contribution in [2.45, 2.75) is 13.8 Å². The molecule has 124 valence electrons. The third-order valence-electron chi connectivity index (χ3n) is 4.43. The van der Waals surface area contributed by atoms with E-state index in [0.717, 1.165) is 24.5 Å². The minimum atomic E-state index is -0.00597. The number of ketones is 1. The zero-order chi connectivity index (χ0) is 17.1. The summed E-state index contributed by atoms with van der Waals surface area (Å²) in [5.74, 6) is 0.969. The Bertz CT molecular complexity index is 750. The Labute approximate surface area is 141 Å². The number of carbonyl (C=O) groups excluding carboxylic acids is 2. The van der Waals surface area contributed by atoms with Crippen LogP contribution in [0.3, 0.4) is 0 Å². The molecule has 1 saturated heterocycles. The van der Waals surface area contributed by atoms with Crippen LogP contribution in [0, 0.1) is 6.92 Å². The number of nitrogens with zero attached hydrogens (tertiary/aromatic N) is 3. The van der Waals surface area contributed by atoms with Gasteiger partial charge in [0.2, 0.25) is 5.91 Å². The number of anilines is 1. The molecule has 0 atom stereocenters. The average molecular weight is 323 g/mol. The molecule has 0 saturated carbocycles. The van der Waals surface area contributed by atoms with Gasteiger partial charge in [0, 0.05) is 50.4 Å². The van der Waals surface area contributed by atoms with Gasteiger partial charge in [0.05, 0.1) is 0 Å². The number of hydrogen-bond acceptors (Lipinski definition) is 4. The molecule has 1 aromatic heterocycles. The second-order valence-electron chi connectivity index (χ2n) is 6.05. The highest BCUT2D eigenvalue weighted by atomic mass is 16.2. The standard InChI is InChI=1S/C19H21N3O2/c1-14-12-18(22-10-8-21(9-11-22)15(2)23)20-13-17(14)19(24)16-6-4-3-5-7-16/h3-7,12-13H,8-11H2,1-2H3. The molecule has 2 heterocycles. The predicted molar refractivity (Wildman–Crippen MR) is 93.3 cm³/mol. The molecule has 0 aliphatic carbocycles. The highest BCUT2D eigenvalue weighted by molar-refractivity contribution is 6.09. The van der Waals surface area contributed by atoms with E-state index in [9.17, 15) is 9.59 Å². The van der Waals surface area contributed by atoms with Crippen LogP contribution in [0.25, 0.3) is 0 Å². The lowest BCUT2D eigenvalue weighted by molar-refractivity contribution is -0.129. The van der Waals surface area contributed by atoms with Gasteiger partial charge in [-0.1, -0.05) is 30.3 Å². The van der Waals surface area contributed by atoms with Crippen molar-refractivity contribution >= 4 is 17.5 Å². The van der Waals surface area contributed by atoms with Gasteiger partial charge < -0.3 is 9.80 Å². The topological polar surface area (TPSA) is 53.5 Å². The summed E-state index contributed by atoms with van der Waals surface area (Å²) in [6, 6.07) is 11.2. The quantitative estimate of drug-likeness (QED) is 0.813. The van der Waals surface area contributed by atoms with Crippen LogP contribution in [0.4, 0.5) is 5.82 Å². The molecule has 0 radical (unpaired) electrons. The summed E-state index contributed by atoms with van der Waals surface area (Å²) in [6.45, 7) is 6.48. The van der Waals surface area contributed by atoms with Gasteiger partial charge in [-0.3, -0.25) is 9.59 Å². The molecule has 1 aromatic carbocycles. The first-order valence-corrected chi connectivity index (χ1v) is 8.13. The number of aromatic nitrogens is 1. The highest BCUT2D eigenvalue weighted by Crippen LogP contribution is 2.20. The van der Waals surface area contributed by atoms with Gasteiger partial charge in [0.25, 0.3) is 0 Å². The van der Waals surface area contributed by atoms with Gasteiger partial charge in [-0.15, -0.1) is 0 Å². The monoisotopic (exact) mass is 323 g/mol. The summed E-state index contributed by atoms with van der Waals surface area (Å²) in [4.78, 5) is 32.5. The summed E-state index contributed by atoms with van der Waals surface area (Å²) in [5.41, 5.74) is 2.22. The van der Waals surface area contributed by atoms with E-state index >= 15 is 0 Å². The van der Waals surface area contributed by atoms with Crippen molar-refractivity contribution in [1.82, 2.24) is 9.88 Å². The highest BCUT2D eigenvalue weighted by Gasteiger charge is 2.20. The maximum absolute atomic E-state index is 12.6. The number of carbonyl (C=O) groups is 2. The first kappa shape index (κ1) is 16.2. The van der Waals surface area contributed by atoms with Crippen molar-refractivity contribution < 1.29 is 9.59 Å². The van der Waals surface area contributed by atoms with E-state index in [-0.39, 0.29) is 11.7 Å². The van der Waals surface area contributed by atoms with E-state index in [1.54, 1.807) is 13.1 Å². The third kappa shape index (κ3) is 3.30. The van der Waals surface area contributed by atoms with Crippen LogP contribution in [0.1, 0.15) is 28.4 Å². The summed E-state index contributed by atoms with van der Waals surface area (Å²) in [5, 5.41) is 0. The molecule has 24 heavy (non-hydrogen) atoms. The Hall–Kier alpha value is -2.69. The molecule has 0 N–H and O–H groups in total. The lowest BCUT2D eigenvalue weighted by Crippen LogP contribution is -2.48. The number of pyridine rings is 1. The van der Waals surface area contributed by atoms with Crippen molar-refractivity contribution in [1.29, 1.82) is 0 Å². The predicted octanol–water partition coefficient (Wildman–Crippen LogP) is 2.29. The number of benzene rings is 1. The van der Waals surface area contributed by atoms with Crippen LogP contribution < -0.4 is 4.90 Å². The minimum Gasteiger partial charge on any atom is -0.353 e.